The van der Waals surface area contributed by atoms with E-state index >= 15 is 0 Å². The first kappa shape index (κ1) is 18.3. The minimum atomic E-state index is 0.347. The minimum absolute atomic E-state index is 0.347. The second kappa shape index (κ2) is 8.78. The number of rotatable bonds is 6. The number of allylic oxidation sites excluding steroid dienone is 1. The molecule has 0 unspecified atom stereocenters. The molecule has 0 spiro atoms. The van der Waals surface area contributed by atoms with E-state index in [1.54, 1.807) is 5.57 Å². The molecule has 0 amide bonds. The fourth-order valence-electron chi connectivity index (χ4n) is 5.24. The SMILES string of the molecule is Oc1ccc(C(=C(CCC2CCCC2)C2CCCC2)c2ccccc2)cc1. The van der Waals surface area contributed by atoms with Gasteiger partial charge in [0.1, 0.15) is 5.75 Å². The molecule has 1 heteroatoms. The van der Waals surface area contributed by atoms with Crippen molar-refractivity contribution in [1.82, 2.24) is 0 Å². The fraction of sp³-hybridized carbons (Fsp3) is 0.462. The zero-order chi connectivity index (χ0) is 18.5. The van der Waals surface area contributed by atoms with Gasteiger partial charge in [-0.2, -0.15) is 0 Å². The first-order chi connectivity index (χ1) is 13.3. The Morgan fingerprint density at radius 2 is 1.33 bits per heavy atom. The lowest BCUT2D eigenvalue weighted by atomic mass is 9.82. The van der Waals surface area contributed by atoms with Gasteiger partial charge in [0, 0.05) is 0 Å². The fourth-order valence-corrected chi connectivity index (χ4v) is 5.24. The molecule has 0 radical (unpaired) electrons. The number of aromatic hydroxyl groups is 1. The van der Waals surface area contributed by atoms with Gasteiger partial charge in [-0.05, 0) is 66.4 Å². The highest BCUT2D eigenvalue weighted by molar-refractivity contribution is 5.82. The molecule has 2 aromatic rings. The van der Waals surface area contributed by atoms with E-state index in [1.807, 2.05) is 12.1 Å². The number of hydrogen-bond donors (Lipinski definition) is 1. The Hall–Kier alpha value is -2.02. The quantitative estimate of drug-likeness (QED) is 0.570. The van der Waals surface area contributed by atoms with Crippen LogP contribution in [0.4, 0.5) is 0 Å². The second-order valence-corrected chi connectivity index (χ2v) is 8.48. The molecule has 0 saturated heterocycles. The molecule has 2 aliphatic carbocycles. The number of phenolic OH excluding ortho intramolecular Hbond substituents is 1. The highest BCUT2D eigenvalue weighted by atomic mass is 16.3. The lowest BCUT2D eigenvalue weighted by Gasteiger charge is -2.23. The van der Waals surface area contributed by atoms with Gasteiger partial charge in [0.05, 0.1) is 0 Å². The van der Waals surface area contributed by atoms with Gasteiger partial charge in [-0.3, -0.25) is 0 Å². The zero-order valence-electron chi connectivity index (χ0n) is 16.4. The Kier molecular flexibility index (Phi) is 5.97. The molecular formula is C26H32O. The van der Waals surface area contributed by atoms with Crippen molar-refractivity contribution in [2.45, 2.75) is 64.2 Å². The molecule has 27 heavy (non-hydrogen) atoms. The van der Waals surface area contributed by atoms with Crippen LogP contribution in [0.15, 0.2) is 60.2 Å². The molecule has 0 heterocycles. The van der Waals surface area contributed by atoms with Crippen LogP contribution in [0.2, 0.25) is 0 Å². The Morgan fingerprint density at radius 3 is 2.00 bits per heavy atom. The molecule has 142 valence electrons. The van der Waals surface area contributed by atoms with Crippen LogP contribution in [-0.4, -0.2) is 5.11 Å². The highest BCUT2D eigenvalue weighted by Crippen LogP contribution is 2.42. The molecule has 1 nitrogen and oxygen atoms in total. The highest BCUT2D eigenvalue weighted by Gasteiger charge is 2.25. The van der Waals surface area contributed by atoms with Crippen molar-refractivity contribution in [3.63, 3.8) is 0 Å². The van der Waals surface area contributed by atoms with Gasteiger partial charge >= 0.3 is 0 Å². The average Bonchev–Trinajstić information content (AvgIpc) is 3.41. The molecule has 1 N–H and O–H groups in total. The van der Waals surface area contributed by atoms with Crippen LogP contribution in [0.5, 0.6) is 5.75 Å². The lowest BCUT2D eigenvalue weighted by molar-refractivity contribution is 0.475. The number of benzene rings is 2. The van der Waals surface area contributed by atoms with Gasteiger partial charge in [0.25, 0.3) is 0 Å². The van der Waals surface area contributed by atoms with E-state index < -0.39 is 0 Å². The molecule has 4 rings (SSSR count). The summed E-state index contributed by atoms with van der Waals surface area (Å²) in [7, 11) is 0. The van der Waals surface area contributed by atoms with E-state index in [0.29, 0.717) is 5.75 Å². The zero-order valence-corrected chi connectivity index (χ0v) is 16.4. The first-order valence-electron chi connectivity index (χ1n) is 10.9. The monoisotopic (exact) mass is 360 g/mol. The minimum Gasteiger partial charge on any atom is -0.508 e. The van der Waals surface area contributed by atoms with Crippen LogP contribution < -0.4 is 0 Å². The smallest absolute Gasteiger partial charge is 0.115 e. The van der Waals surface area contributed by atoms with Crippen LogP contribution in [0.25, 0.3) is 5.57 Å². The summed E-state index contributed by atoms with van der Waals surface area (Å²) in [6, 6.07) is 18.8. The van der Waals surface area contributed by atoms with Crippen molar-refractivity contribution < 1.29 is 5.11 Å². The van der Waals surface area contributed by atoms with Crippen LogP contribution in [0.3, 0.4) is 0 Å². The van der Waals surface area contributed by atoms with Gasteiger partial charge in [-0.15, -0.1) is 0 Å². The van der Waals surface area contributed by atoms with Gasteiger partial charge in [-0.25, -0.2) is 0 Å². The third-order valence-electron chi connectivity index (χ3n) is 6.68. The maximum atomic E-state index is 9.79. The van der Waals surface area contributed by atoms with Crippen molar-refractivity contribution in [2.24, 2.45) is 11.8 Å². The van der Waals surface area contributed by atoms with Crippen LogP contribution in [0, 0.1) is 11.8 Å². The summed E-state index contributed by atoms with van der Waals surface area (Å²) >= 11 is 0. The Bertz CT molecular complexity index is 745. The average molecular weight is 361 g/mol. The van der Waals surface area contributed by atoms with E-state index in [1.165, 1.54) is 80.9 Å². The molecule has 2 fully saturated rings. The van der Waals surface area contributed by atoms with E-state index in [0.717, 1.165) is 11.8 Å². The van der Waals surface area contributed by atoms with Gasteiger partial charge < -0.3 is 5.11 Å². The molecule has 2 aliphatic rings. The maximum absolute atomic E-state index is 9.79. The van der Waals surface area contributed by atoms with Crippen LogP contribution in [0.1, 0.15) is 75.3 Å². The normalized spacial score (nSPS) is 19.4. The van der Waals surface area contributed by atoms with Crippen molar-refractivity contribution in [3.8, 4) is 5.75 Å². The summed E-state index contributed by atoms with van der Waals surface area (Å²) in [5.74, 6) is 2.01. The van der Waals surface area contributed by atoms with E-state index in [-0.39, 0.29) is 0 Å². The van der Waals surface area contributed by atoms with E-state index in [9.17, 15) is 5.11 Å². The van der Waals surface area contributed by atoms with Crippen LogP contribution >= 0.6 is 0 Å². The Labute approximate surface area is 164 Å². The van der Waals surface area contributed by atoms with Crippen molar-refractivity contribution in [2.75, 3.05) is 0 Å². The first-order valence-corrected chi connectivity index (χ1v) is 10.9. The molecule has 2 aromatic carbocycles. The number of hydrogen-bond acceptors (Lipinski definition) is 1. The predicted octanol–water partition coefficient (Wildman–Crippen LogP) is 7.35. The Morgan fingerprint density at radius 1 is 0.741 bits per heavy atom. The summed E-state index contributed by atoms with van der Waals surface area (Å²) in [4.78, 5) is 0. The number of phenols is 1. The third-order valence-corrected chi connectivity index (χ3v) is 6.68. The van der Waals surface area contributed by atoms with Crippen molar-refractivity contribution in [3.05, 3.63) is 71.3 Å². The summed E-state index contributed by atoms with van der Waals surface area (Å²) in [5, 5.41) is 9.79. The predicted molar refractivity (Wildman–Crippen MR) is 114 cm³/mol. The van der Waals surface area contributed by atoms with Gasteiger partial charge in [-0.1, -0.05) is 86.6 Å². The van der Waals surface area contributed by atoms with Crippen molar-refractivity contribution in [1.29, 1.82) is 0 Å². The summed E-state index contributed by atoms with van der Waals surface area (Å²) in [6.45, 7) is 0. The van der Waals surface area contributed by atoms with Crippen molar-refractivity contribution >= 4 is 5.57 Å². The summed E-state index contributed by atoms with van der Waals surface area (Å²) in [5.41, 5.74) is 5.70. The van der Waals surface area contributed by atoms with Gasteiger partial charge in [0.2, 0.25) is 0 Å². The molecule has 0 aromatic heterocycles. The van der Waals surface area contributed by atoms with E-state index in [2.05, 4.69) is 42.5 Å². The van der Waals surface area contributed by atoms with E-state index in [4.69, 9.17) is 0 Å². The van der Waals surface area contributed by atoms with Crippen LogP contribution in [-0.2, 0) is 0 Å². The molecular weight excluding hydrogens is 328 g/mol. The summed E-state index contributed by atoms with van der Waals surface area (Å²) < 4.78 is 0. The topological polar surface area (TPSA) is 20.2 Å². The molecule has 0 atom stereocenters. The standard InChI is InChI=1S/C26H32O/c27-24-17-15-23(16-18-24)26(22-12-2-1-3-13-22)25(21-10-6-7-11-21)19-14-20-8-4-5-9-20/h1-3,12-13,15-18,20-21,27H,4-11,14,19H2. The lowest BCUT2D eigenvalue weighted by Crippen LogP contribution is -2.07. The third kappa shape index (κ3) is 4.46. The second-order valence-electron chi connectivity index (χ2n) is 8.48. The largest absolute Gasteiger partial charge is 0.508 e. The molecule has 0 bridgehead atoms. The maximum Gasteiger partial charge on any atom is 0.115 e. The molecule has 2 saturated carbocycles. The molecule has 0 aliphatic heterocycles. The van der Waals surface area contributed by atoms with Gasteiger partial charge in [0.15, 0.2) is 0 Å². The Balaban J connectivity index is 1.76. The summed E-state index contributed by atoms with van der Waals surface area (Å²) in [6.07, 6.45) is 13.7.